The molecule has 0 heterocycles. The molecule has 0 amide bonds. The molecule has 0 saturated carbocycles. The highest BCUT2D eigenvalue weighted by Crippen LogP contribution is 2.18. The minimum Gasteiger partial charge on any atom is -0.529 e. The van der Waals surface area contributed by atoms with Crippen molar-refractivity contribution in [2.75, 3.05) is 0 Å². The molecule has 0 aliphatic carbocycles. The Morgan fingerprint density at radius 1 is 0.621 bits per heavy atom. The van der Waals surface area contributed by atoms with Gasteiger partial charge < -0.3 is 18.8 Å². The van der Waals surface area contributed by atoms with E-state index >= 15 is 0 Å². The first kappa shape index (κ1) is 22.3. The van der Waals surface area contributed by atoms with E-state index in [9.17, 15) is 9.59 Å². The third-order valence-electron chi connectivity index (χ3n) is 3.43. The number of ether oxygens (including phenoxy) is 2. The Hall–Kier alpha value is -2.96. The van der Waals surface area contributed by atoms with Gasteiger partial charge in [-0.15, -0.1) is 0 Å². The Morgan fingerprint density at radius 2 is 0.931 bits per heavy atom. The fourth-order valence-electron chi connectivity index (χ4n) is 2.21. The molecule has 0 unspecified atom stereocenters. The molecule has 0 saturated heterocycles. The third kappa shape index (κ3) is 7.89. The fraction of sp³-hybridized carbons (Fsp3) is 0.364. The number of hydrogen-bond donors (Lipinski definition) is 0. The summed E-state index contributed by atoms with van der Waals surface area (Å²) in [5.41, 5.74) is -0.185. The van der Waals surface area contributed by atoms with E-state index in [0.717, 1.165) is 0 Å². The van der Waals surface area contributed by atoms with Crippen molar-refractivity contribution < 1.29 is 28.4 Å². The van der Waals surface area contributed by atoms with Crippen molar-refractivity contribution in [2.24, 2.45) is 0 Å². The Balaban J connectivity index is 1.84. The van der Waals surface area contributed by atoms with Crippen LogP contribution in [0, 0.1) is 0 Å². The highest BCUT2D eigenvalue weighted by Gasteiger charge is 2.18. The smallest absolute Gasteiger partial charge is 0.529 e. The number of rotatable bonds is 6. The quantitative estimate of drug-likeness (QED) is 0.533. The SMILES string of the molecule is CC(C)(C)OC(=O)c1ccc(OBOc2ccc(C(=O)OC(C)(C)C)cc2)cc1. The molecule has 2 aromatic carbocycles. The number of benzene rings is 2. The van der Waals surface area contributed by atoms with Gasteiger partial charge in [-0.25, -0.2) is 9.59 Å². The molecule has 154 valence electrons. The van der Waals surface area contributed by atoms with Gasteiger partial charge in [0.25, 0.3) is 0 Å². The summed E-state index contributed by atoms with van der Waals surface area (Å²) >= 11 is 0. The summed E-state index contributed by atoms with van der Waals surface area (Å²) in [5.74, 6) is 0.348. The van der Waals surface area contributed by atoms with Crippen molar-refractivity contribution in [3.63, 3.8) is 0 Å². The maximum absolute atomic E-state index is 12.0. The van der Waals surface area contributed by atoms with Crippen molar-refractivity contribution in [3.8, 4) is 11.5 Å². The zero-order chi connectivity index (χ0) is 21.7. The normalized spacial score (nSPS) is 11.4. The molecule has 0 N–H and O–H groups in total. The zero-order valence-corrected chi connectivity index (χ0v) is 17.8. The second kappa shape index (κ2) is 9.03. The predicted molar refractivity (Wildman–Crippen MR) is 112 cm³/mol. The van der Waals surface area contributed by atoms with Gasteiger partial charge in [-0.3, -0.25) is 0 Å². The molecule has 0 bridgehead atoms. The summed E-state index contributed by atoms with van der Waals surface area (Å²) in [6.07, 6.45) is 0. The van der Waals surface area contributed by atoms with E-state index in [2.05, 4.69) is 0 Å². The lowest BCUT2D eigenvalue weighted by atomic mass is 10.1. The Bertz CT molecular complexity index is 758. The highest BCUT2D eigenvalue weighted by atomic mass is 16.6. The number of hydrogen-bond acceptors (Lipinski definition) is 6. The minimum absolute atomic E-state index is 0.0163. The molecule has 0 aliphatic rings. The maximum Gasteiger partial charge on any atom is 0.576 e. The van der Waals surface area contributed by atoms with Crippen molar-refractivity contribution in [1.29, 1.82) is 0 Å². The Kier molecular flexibility index (Phi) is 6.95. The molecule has 0 aromatic heterocycles. The van der Waals surface area contributed by atoms with E-state index in [1.54, 1.807) is 48.5 Å². The van der Waals surface area contributed by atoms with Crippen LogP contribution in [0.25, 0.3) is 0 Å². The average molecular weight is 398 g/mol. The molecule has 0 spiro atoms. The Morgan fingerprint density at radius 3 is 1.21 bits per heavy atom. The van der Waals surface area contributed by atoms with E-state index in [1.165, 1.54) is 0 Å². The summed E-state index contributed by atoms with van der Waals surface area (Å²) < 4.78 is 21.7. The molecule has 2 rings (SSSR count). The highest BCUT2D eigenvalue weighted by molar-refractivity contribution is 6.20. The van der Waals surface area contributed by atoms with Gasteiger partial charge in [-0.05, 0) is 90.1 Å². The van der Waals surface area contributed by atoms with Crippen molar-refractivity contribution in [2.45, 2.75) is 52.7 Å². The first-order valence-electron chi connectivity index (χ1n) is 9.35. The van der Waals surface area contributed by atoms with Gasteiger partial charge in [0.1, 0.15) is 22.7 Å². The van der Waals surface area contributed by atoms with Crippen LogP contribution in [-0.2, 0) is 9.47 Å². The van der Waals surface area contributed by atoms with Gasteiger partial charge >= 0.3 is 19.6 Å². The van der Waals surface area contributed by atoms with Crippen molar-refractivity contribution >= 4 is 19.6 Å². The number of carbonyl (C=O) groups excluding carboxylic acids is 2. The zero-order valence-electron chi connectivity index (χ0n) is 17.8. The largest absolute Gasteiger partial charge is 0.576 e. The summed E-state index contributed by atoms with van der Waals surface area (Å²) in [7, 11) is -0.0163. The van der Waals surface area contributed by atoms with E-state index in [4.69, 9.17) is 18.8 Å². The molecular formula is C22H27BO6. The molecule has 29 heavy (non-hydrogen) atoms. The first-order chi connectivity index (χ1) is 13.4. The van der Waals surface area contributed by atoms with Crippen LogP contribution in [0.3, 0.4) is 0 Å². The van der Waals surface area contributed by atoms with E-state index < -0.39 is 11.2 Å². The average Bonchev–Trinajstić information content (AvgIpc) is 2.60. The van der Waals surface area contributed by atoms with Crippen LogP contribution in [0.4, 0.5) is 0 Å². The fourth-order valence-corrected chi connectivity index (χ4v) is 2.21. The lowest BCUT2D eigenvalue weighted by molar-refractivity contribution is 0.00570. The Labute approximate surface area is 172 Å². The van der Waals surface area contributed by atoms with Gasteiger partial charge in [0.05, 0.1) is 11.1 Å². The van der Waals surface area contributed by atoms with Crippen LogP contribution < -0.4 is 9.31 Å². The first-order valence-corrected chi connectivity index (χ1v) is 9.35. The summed E-state index contributed by atoms with van der Waals surface area (Å²) in [5, 5.41) is 0. The van der Waals surface area contributed by atoms with E-state index in [1.807, 2.05) is 41.5 Å². The van der Waals surface area contributed by atoms with Crippen LogP contribution >= 0.6 is 0 Å². The van der Waals surface area contributed by atoms with Crippen LogP contribution in [0.15, 0.2) is 48.5 Å². The molecular weight excluding hydrogens is 371 g/mol. The lowest BCUT2D eigenvalue weighted by Gasteiger charge is -2.19. The topological polar surface area (TPSA) is 71.1 Å². The minimum atomic E-state index is -0.543. The second-order valence-corrected chi connectivity index (χ2v) is 8.46. The second-order valence-electron chi connectivity index (χ2n) is 8.46. The number of carbonyl (C=O) groups is 2. The molecule has 6 nitrogen and oxygen atoms in total. The van der Waals surface area contributed by atoms with Gasteiger partial charge in [-0.2, -0.15) is 0 Å². The third-order valence-corrected chi connectivity index (χ3v) is 3.43. The maximum atomic E-state index is 12.0. The van der Waals surface area contributed by atoms with Gasteiger partial charge in [-0.1, -0.05) is 0 Å². The molecule has 7 heteroatoms. The van der Waals surface area contributed by atoms with Crippen LogP contribution in [-0.4, -0.2) is 30.8 Å². The van der Waals surface area contributed by atoms with Gasteiger partial charge in [0.15, 0.2) is 0 Å². The summed E-state index contributed by atoms with van der Waals surface area (Å²) in [6.45, 7) is 10.9. The number of esters is 2. The van der Waals surface area contributed by atoms with E-state index in [0.29, 0.717) is 22.6 Å². The van der Waals surface area contributed by atoms with Gasteiger partial charge in [0, 0.05) is 0 Å². The van der Waals surface area contributed by atoms with E-state index in [-0.39, 0.29) is 19.6 Å². The van der Waals surface area contributed by atoms with Gasteiger partial charge in [0.2, 0.25) is 0 Å². The molecule has 0 atom stereocenters. The summed E-state index contributed by atoms with van der Waals surface area (Å²) in [6, 6.07) is 13.3. The predicted octanol–water partition coefficient (Wildman–Crippen LogP) is 4.32. The molecule has 2 aromatic rings. The van der Waals surface area contributed by atoms with Crippen molar-refractivity contribution in [3.05, 3.63) is 59.7 Å². The monoisotopic (exact) mass is 398 g/mol. The van der Waals surface area contributed by atoms with Crippen molar-refractivity contribution in [1.82, 2.24) is 0 Å². The molecule has 0 fully saturated rings. The molecule has 0 aliphatic heterocycles. The lowest BCUT2D eigenvalue weighted by Crippen LogP contribution is -2.23. The van der Waals surface area contributed by atoms with Crippen LogP contribution in [0.5, 0.6) is 11.5 Å². The summed E-state index contributed by atoms with van der Waals surface area (Å²) in [4.78, 5) is 24.0. The standard InChI is InChI=1S/C22H27BO6/c1-21(2,3)26-19(24)15-7-11-17(12-8-15)28-23-29-18-13-9-16(10-14-18)20(25)27-22(4,5)6/h7-14,23H,1-6H3. The van der Waals surface area contributed by atoms with Crippen LogP contribution in [0.2, 0.25) is 0 Å². The van der Waals surface area contributed by atoms with Crippen LogP contribution in [0.1, 0.15) is 62.3 Å². The molecule has 0 radical (unpaired) electrons.